The second kappa shape index (κ2) is 7.52. The average molecular weight is 382 g/mol. The molecule has 4 rings (SSSR count). The summed E-state index contributed by atoms with van der Waals surface area (Å²) in [5.41, 5.74) is 4.94. The second-order valence-electron chi connectivity index (χ2n) is 6.65. The van der Waals surface area contributed by atoms with Crippen molar-refractivity contribution >= 4 is 17.2 Å². The SMILES string of the molecule is Cc1ncsc1C(=O)N1CCC[C@@H](c2nccnc2-c2ccc(F)cc2)C1. The van der Waals surface area contributed by atoms with Crippen LogP contribution in [0, 0.1) is 12.7 Å². The van der Waals surface area contributed by atoms with Gasteiger partial charge in [0, 0.05) is 37.0 Å². The maximum atomic E-state index is 13.3. The van der Waals surface area contributed by atoms with Crippen molar-refractivity contribution in [2.75, 3.05) is 13.1 Å². The summed E-state index contributed by atoms with van der Waals surface area (Å²) < 4.78 is 13.3. The number of aryl methyl sites for hydroxylation is 1. The first kappa shape index (κ1) is 17.7. The third-order valence-corrected chi connectivity index (χ3v) is 5.80. The highest BCUT2D eigenvalue weighted by Crippen LogP contribution is 2.32. The van der Waals surface area contributed by atoms with Crippen LogP contribution in [0.3, 0.4) is 0 Å². The van der Waals surface area contributed by atoms with E-state index < -0.39 is 0 Å². The topological polar surface area (TPSA) is 59.0 Å². The van der Waals surface area contributed by atoms with Crippen molar-refractivity contribution in [2.24, 2.45) is 0 Å². The summed E-state index contributed by atoms with van der Waals surface area (Å²) in [5, 5.41) is 0. The lowest BCUT2D eigenvalue weighted by molar-refractivity contribution is 0.0710. The van der Waals surface area contributed by atoms with Crippen molar-refractivity contribution in [1.29, 1.82) is 0 Å². The van der Waals surface area contributed by atoms with Crippen molar-refractivity contribution in [3.05, 3.63) is 64.3 Å². The number of thiazole rings is 1. The van der Waals surface area contributed by atoms with Crippen LogP contribution < -0.4 is 0 Å². The number of halogens is 1. The fourth-order valence-corrected chi connectivity index (χ4v) is 4.28. The summed E-state index contributed by atoms with van der Waals surface area (Å²) in [6.45, 7) is 3.20. The van der Waals surface area contributed by atoms with Crippen LogP contribution in [-0.4, -0.2) is 38.8 Å². The van der Waals surface area contributed by atoms with Gasteiger partial charge in [0.1, 0.15) is 10.7 Å². The molecular formula is C20H19FN4OS. The van der Waals surface area contributed by atoms with Gasteiger partial charge in [-0.2, -0.15) is 0 Å². The molecule has 0 bridgehead atoms. The molecule has 1 fully saturated rings. The molecule has 0 N–H and O–H groups in total. The molecule has 1 amide bonds. The molecule has 1 aromatic carbocycles. The Labute approximate surface area is 160 Å². The zero-order valence-corrected chi connectivity index (χ0v) is 15.7. The van der Waals surface area contributed by atoms with Gasteiger partial charge in [-0.25, -0.2) is 9.37 Å². The third kappa shape index (κ3) is 3.60. The van der Waals surface area contributed by atoms with Crippen molar-refractivity contribution in [1.82, 2.24) is 19.9 Å². The van der Waals surface area contributed by atoms with Crippen molar-refractivity contribution < 1.29 is 9.18 Å². The summed E-state index contributed by atoms with van der Waals surface area (Å²) in [4.78, 5) is 28.7. The summed E-state index contributed by atoms with van der Waals surface area (Å²) >= 11 is 1.38. The molecule has 138 valence electrons. The van der Waals surface area contributed by atoms with Crippen molar-refractivity contribution in [2.45, 2.75) is 25.7 Å². The van der Waals surface area contributed by atoms with Crippen LogP contribution in [0.25, 0.3) is 11.3 Å². The van der Waals surface area contributed by atoms with Gasteiger partial charge in [0.15, 0.2) is 0 Å². The predicted molar refractivity (Wildman–Crippen MR) is 102 cm³/mol. The normalized spacial score (nSPS) is 17.1. The van der Waals surface area contributed by atoms with Crippen LogP contribution in [-0.2, 0) is 0 Å². The molecule has 7 heteroatoms. The van der Waals surface area contributed by atoms with E-state index in [1.54, 1.807) is 30.0 Å². The fraction of sp³-hybridized carbons (Fsp3) is 0.300. The zero-order valence-electron chi connectivity index (χ0n) is 14.9. The summed E-state index contributed by atoms with van der Waals surface area (Å²) in [6.07, 6.45) is 5.18. The molecule has 1 aliphatic rings. The second-order valence-corrected chi connectivity index (χ2v) is 7.51. The predicted octanol–water partition coefficient (Wildman–Crippen LogP) is 4.07. The smallest absolute Gasteiger partial charge is 0.265 e. The van der Waals surface area contributed by atoms with E-state index in [1.165, 1.54) is 23.5 Å². The minimum atomic E-state index is -0.279. The molecule has 1 aliphatic heterocycles. The maximum absolute atomic E-state index is 13.3. The van der Waals surface area contributed by atoms with Gasteiger partial charge in [0.25, 0.3) is 5.91 Å². The first-order chi connectivity index (χ1) is 13.1. The Balaban J connectivity index is 1.61. The molecule has 1 saturated heterocycles. The number of rotatable bonds is 3. The van der Waals surface area contributed by atoms with E-state index in [-0.39, 0.29) is 17.6 Å². The molecular weight excluding hydrogens is 363 g/mol. The highest BCUT2D eigenvalue weighted by molar-refractivity contribution is 7.11. The van der Waals surface area contributed by atoms with Crippen molar-refractivity contribution in [3.8, 4) is 11.3 Å². The molecule has 1 atom stereocenters. The van der Waals surface area contributed by atoms with E-state index >= 15 is 0 Å². The number of carbonyl (C=O) groups excluding carboxylic acids is 1. The average Bonchev–Trinajstić information content (AvgIpc) is 3.14. The maximum Gasteiger partial charge on any atom is 0.265 e. The molecule has 5 nitrogen and oxygen atoms in total. The highest BCUT2D eigenvalue weighted by Gasteiger charge is 2.29. The number of amides is 1. The number of likely N-dealkylation sites (tertiary alicyclic amines) is 1. The van der Waals surface area contributed by atoms with Gasteiger partial charge in [-0.3, -0.25) is 14.8 Å². The molecule has 3 heterocycles. The van der Waals surface area contributed by atoms with Crippen LogP contribution in [0.15, 0.2) is 42.2 Å². The van der Waals surface area contributed by atoms with Crippen molar-refractivity contribution in [3.63, 3.8) is 0 Å². The lowest BCUT2D eigenvalue weighted by Gasteiger charge is -2.32. The Hall–Kier alpha value is -2.67. The molecule has 27 heavy (non-hydrogen) atoms. The number of carbonyl (C=O) groups is 1. The lowest BCUT2D eigenvalue weighted by atomic mass is 9.91. The number of benzene rings is 1. The van der Waals surface area contributed by atoms with Crippen LogP contribution in [0.1, 0.15) is 39.8 Å². The van der Waals surface area contributed by atoms with Gasteiger partial charge in [-0.15, -0.1) is 11.3 Å². The molecule has 0 saturated carbocycles. The standard InChI is InChI=1S/C20H19FN4OS/c1-13-19(27-12-24-13)20(26)25-10-2-3-15(11-25)18-17(22-8-9-23-18)14-4-6-16(21)7-5-14/h4-9,12,15H,2-3,10-11H2,1H3/t15-/m1/s1. The molecule has 2 aromatic heterocycles. The molecule has 0 radical (unpaired) electrons. The van der Waals surface area contributed by atoms with Gasteiger partial charge in [-0.05, 0) is 44.0 Å². The summed E-state index contributed by atoms with van der Waals surface area (Å²) in [6, 6.07) is 6.29. The number of nitrogens with zero attached hydrogens (tertiary/aromatic N) is 4. The Kier molecular flexibility index (Phi) is 4.94. The molecule has 0 spiro atoms. The van der Waals surface area contributed by atoms with Crippen LogP contribution >= 0.6 is 11.3 Å². The number of hydrogen-bond donors (Lipinski definition) is 0. The van der Waals surface area contributed by atoms with E-state index in [2.05, 4.69) is 15.0 Å². The minimum absolute atomic E-state index is 0.0342. The Morgan fingerprint density at radius 3 is 2.70 bits per heavy atom. The largest absolute Gasteiger partial charge is 0.337 e. The zero-order chi connectivity index (χ0) is 18.8. The van der Waals surface area contributed by atoms with Crippen LogP contribution in [0.4, 0.5) is 4.39 Å². The molecule has 0 aliphatic carbocycles. The van der Waals surface area contributed by atoms with E-state index in [4.69, 9.17) is 0 Å². The van der Waals surface area contributed by atoms with E-state index in [9.17, 15) is 9.18 Å². The van der Waals surface area contributed by atoms with E-state index in [0.29, 0.717) is 11.4 Å². The monoisotopic (exact) mass is 382 g/mol. The van der Waals surface area contributed by atoms with Gasteiger partial charge < -0.3 is 4.90 Å². The fourth-order valence-electron chi connectivity index (χ4n) is 3.51. The summed E-state index contributed by atoms with van der Waals surface area (Å²) in [5.74, 6) is -0.143. The van der Waals surface area contributed by atoms with Gasteiger partial charge in [0.2, 0.25) is 0 Å². The Morgan fingerprint density at radius 2 is 1.96 bits per heavy atom. The summed E-state index contributed by atoms with van der Waals surface area (Å²) in [7, 11) is 0. The first-order valence-electron chi connectivity index (χ1n) is 8.89. The van der Waals surface area contributed by atoms with Gasteiger partial charge in [-0.1, -0.05) is 0 Å². The molecule has 0 unspecified atom stereocenters. The quantitative estimate of drug-likeness (QED) is 0.685. The van der Waals surface area contributed by atoms with Gasteiger partial charge in [0.05, 0.1) is 22.6 Å². The van der Waals surface area contributed by atoms with E-state index in [1.807, 2.05) is 11.8 Å². The number of hydrogen-bond acceptors (Lipinski definition) is 5. The van der Waals surface area contributed by atoms with Crippen LogP contribution in [0.2, 0.25) is 0 Å². The third-order valence-electron chi connectivity index (χ3n) is 4.88. The first-order valence-corrected chi connectivity index (χ1v) is 9.77. The van der Waals surface area contributed by atoms with Crippen LogP contribution in [0.5, 0.6) is 0 Å². The number of aromatic nitrogens is 3. The van der Waals surface area contributed by atoms with E-state index in [0.717, 1.165) is 42.0 Å². The lowest BCUT2D eigenvalue weighted by Crippen LogP contribution is -2.39. The highest BCUT2D eigenvalue weighted by atomic mass is 32.1. The number of piperidine rings is 1. The Bertz CT molecular complexity index is 957. The Morgan fingerprint density at radius 1 is 1.19 bits per heavy atom. The molecule has 3 aromatic rings. The van der Waals surface area contributed by atoms with Gasteiger partial charge >= 0.3 is 0 Å². The minimum Gasteiger partial charge on any atom is -0.337 e.